The van der Waals surface area contributed by atoms with Crippen molar-refractivity contribution in [1.29, 1.82) is 0 Å². The zero-order valence-corrected chi connectivity index (χ0v) is 18.7. The van der Waals surface area contributed by atoms with E-state index in [1.807, 2.05) is 47.5 Å². The minimum absolute atomic E-state index is 0.0358. The standard InChI is InChI=1S/C22H24N4O2.C2HF3O2/c23-21(27)15-25-12-3-5-18(14-25)24-22(28)17-7-9-19(10-8-17)26-13-11-16-4-1-2-6-20(16)26;3-2(4,5)1(6)7/h1-2,4,6-11,13,18H,3,5,12,14-15H2,(H2,23,27)(H,24,28);(H,6,7). The van der Waals surface area contributed by atoms with Crippen LogP contribution >= 0.6 is 0 Å². The van der Waals surface area contributed by atoms with E-state index in [1.54, 1.807) is 0 Å². The van der Waals surface area contributed by atoms with Crippen LogP contribution in [0.15, 0.2) is 60.8 Å². The van der Waals surface area contributed by atoms with Crippen molar-refractivity contribution in [3.05, 3.63) is 66.4 Å². The highest BCUT2D eigenvalue weighted by atomic mass is 19.4. The van der Waals surface area contributed by atoms with Crippen molar-refractivity contribution >= 4 is 28.7 Å². The van der Waals surface area contributed by atoms with E-state index in [-0.39, 0.29) is 24.4 Å². The highest BCUT2D eigenvalue weighted by Crippen LogP contribution is 2.20. The zero-order chi connectivity index (χ0) is 25.6. The van der Waals surface area contributed by atoms with E-state index in [2.05, 4.69) is 28.1 Å². The molecular weight excluding hydrogens is 465 g/mol. The number of halogens is 3. The predicted molar refractivity (Wildman–Crippen MR) is 123 cm³/mol. The first-order chi connectivity index (χ1) is 16.5. The lowest BCUT2D eigenvalue weighted by molar-refractivity contribution is -0.192. The van der Waals surface area contributed by atoms with Gasteiger partial charge >= 0.3 is 12.1 Å². The molecule has 0 spiro atoms. The second-order valence-electron chi connectivity index (χ2n) is 8.11. The lowest BCUT2D eigenvalue weighted by Crippen LogP contribution is -2.49. The Balaban J connectivity index is 0.000000429. The fourth-order valence-electron chi connectivity index (χ4n) is 3.89. The number of alkyl halides is 3. The average molecular weight is 490 g/mol. The molecule has 1 aliphatic heterocycles. The van der Waals surface area contributed by atoms with Crippen LogP contribution in [-0.2, 0) is 9.59 Å². The molecule has 1 unspecified atom stereocenters. The van der Waals surface area contributed by atoms with Crippen LogP contribution in [0.4, 0.5) is 13.2 Å². The lowest BCUT2D eigenvalue weighted by atomic mass is 10.0. The van der Waals surface area contributed by atoms with Crippen LogP contribution in [-0.4, -0.2) is 64.2 Å². The molecule has 1 saturated heterocycles. The molecule has 0 bridgehead atoms. The zero-order valence-electron chi connectivity index (χ0n) is 18.7. The van der Waals surface area contributed by atoms with Gasteiger partial charge in [-0.3, -0.25) is 14.5 Å². The quantitative estimate of drug-likeness (QED) is 0.508. The molecule has 3 aromatic rings. The normalized spacial score (nSPS) is 16.3. The number of amides is 2. The Morgan fingerprint density at radius 3 is 2.34 bits per heavy atom. The number of carboxylic acids is 1. The summed E-state index contributed by atoms with van der Waals surface area (Å²) in [6, 6.07) is 17.9. The van der Waals surface area contributed by atoms with Crippen molar-refractivity contribution < 1.29 is 32.7 Å². The van der Waals surface area contributed by atoms with E-state index >= 15 is 0 Å². The number of nitrogens with one attached hydrogen (secondary N) is 1. The molecule has 2 amide bonds. The smallest absolute Gasteiger partial charge is 0.475 e. The number of hydrogen-bond acceptors (Lipinski definition) is 4. The number of aromatic nitrogens is 1. The van der Waals surface area contributed by atoms with Crippen LogP contribution in [0.1, 0.15) is 23.2 Å². The summed E-state index contributed by atoms with van der Waals surface area (Å²) in [6.45, 7) is 1.74. The fraction of sp³-hybridized carbons (Fsp3) is 0.292. The maximum Gasteiger partial charge on any atom is 0.490 e. The Morgan fingerprint density at radius 2 is 1.71 bits per heavy atom. The van der Waals surface area contributed by atoms with E-state index in [1.165, 1.54) is 5.39 Å². The summed E-state index contributed by atoms with van der Waals surface area (Å²) in [5, 5.41) is 11.4. The van der Waals surface area contributed by atoms with Gasteiger partial charge in [-0.25, -0.2) is 4.79 Å². The second kappa shape index (κ2) is 11.0. The van der Waals surface area contributed by atoms with E-state index in [4.69, 9.17) is 15.6 Å². The van der Waals surface area contributed by atoms with Crippen molar-refractivity contribution in [2.45, 2.75) is 25.1 Å². The molecule has 8 nitrogen and oxygen atoms in total. The van der Waals surface area contributed by atoms with Gasteiger partial charge in [-0.15, -0.1) is 0 Å². The molecule has 0 aliphatic carbocycles. The molecule has 35 heavy (non-hydrogen) atoms. The number of piperidine rings is 1. The van der Waals surface area contributed by atoms with Crippen LogP contribution in [0, 0.1) is 0 Å². The Morgan fingerprint density at radius 1 is 1.06 bits per heavy atom. The van der Waals surface area contributed by atoms with Gasteiger partial charge in [0.15, 0.2) is 0 Å². The topological polar surface area (TPSA) is 118 Å². The number of hydrogen-bond donors (Lipinski definition) is 3. The molecule has 11 heteroatoms. The van der Waals surface area contributed by atoms with E-state index in [0.29, 0.717) is 12.1 Å². The third kappa shape index (κ3) is 7.06. The largest absolute Gasteiger partial charge is 0.490 e. The third-order valence-corrected chi connectivity index (χ3v) is 5.47. The lowest BCUT2D eigenvalue weighted by Gasteiger charge is -2.32. The summed E-state index contributed by atoms with van der Waals surface area (Å²) in [5.41, 5.74) is 8.06. The van der Waals surface area contributed by atoms with E-state index < -0.39 is 12.1 Å². The van der Waals surface area contributed by atoms with Crippen LogP contribution in [0.3, 0.4) is 0 Å². The summed E-state index contributed by atoms with van der Waals surface area (Å²) in [5.74, 6) is -3.18. The maximum absolute atomic E-state index is 12.6. The molecule has 4 N–H and O–H groups in total. The summed E-state index contributed by atoms with van der Waals surface area (Å²) >= 11 is 0. The van der Waals surface area contributed by atoms with Crippen LogP contribution < -0.4 is 11.1 Å². The number of aliphatic carboxylic acids is 1. The first-order valence-electron chi connectivity index (χ1n) is 10.8. The summed E-state index contributed by atoms with van der Waals surface area (Å²) in [6.07, 6.45) is -1.19. The molecule has 1 fully saturated rings. The molecule has 4 rings (SSSR count). The van der Waals surface area contributed by atoms with Crippen LogP contribution in [0.2, 0.25) is 0 Å². The maximum atomic E-state index is 12.6. The minimum Gasteiger partial charge on any atom is -0.475 e. The molecule has 1 aliphatic rings. The van der Waals surface area contributed by atoms with Gasteiger partial charge in [0.25, 0.3) is 5.91 Å². The molecule has 2 aromatic carbocycles. The number of carbonyl (C=O) groups excluding carboxylic acids is 2. The molecule has 1 atom stereocenters. The molecule has 186 valence electrons. The highest BCUT2D eigenvalue weighted by Gasteiger charge is 2.38. The number of likely N-dealkylation sites (tertiary alicyclic amines) is 1. The van der Waals surface area contributed by atoms with Crippen LogP contribution in [0.25, 0.3) is 16.6 Å². The number of nitrogens with two attached hydrogens (primary N) is 1. The number of primary amides is 1. The molecular formula is C24H25F3N4O4. The first kappa shape index (κ1) is 25.8. The monoisotopic (exact) mass is 490 g/mol. The molecule has 0 saturated carbocycles. The van der Waals surface area contributed by atoms with Gasteiger partial charge < -0.3 is 20.7 Å². The average Bonchev–Trinajstić information content (AvgIpc) is 3.23. The molecule has 1 aromatic heterocycles. The number of fused-ring (bicyclic) bond motifs is 1. The van der Waals surface area contributed by atoms with Gasteiger partial charge in [-0.05, 0) is 61.2 Å². The number of carboxylic acid groups (broad SMARTS) is 1. The minimum atomic E-state index is -5.08. The number of nitrogens with zero attached hydrogens (tertiary/aromatic N) is 2. The molecule has 0 radical (unpaired) electrons. The number of rotatable bonds is 5. The van der Waals surface area contributed by atoms with Crippen molar-refractivity contribution in [2.75, 3.05) is 19.6 Å². The van der Waals surface area contributed by atoms with Gasteiger partial charge in [0, 0.05) is 30.0 Å². The highest BCUT2D eigenvalue weighted by molar-refractivity contribution is 5.94. The number of carbonyl (C=O) groups is 3. The number of benzene rings is 2. The molecule has 2 heterocycles. The Bertz CT molecular complexity index is 1190. The SMILES string of the molecule is NC(=O)CN1CCCC(NC(=O)c2ccc(-n3ccc4ccccc43)cc2)C1.O=C(O)C(F)(F)F. The van der Waals surface area contributed by atoms with Crippen LogP contribution in [0.5, 0.6) is 0 Å². The Kier molecular flexibility index (Phi) is 8.13. The Hall–Kier alpha value is -3.86. The van der Waals surface area contributed by atoms with Gasteiger partial charge in [0.05, 0.1) is 12.1 Å². The van der Waals surface area contributed by atoms with Crippen molar-refractivity contribution in [2.24, 2.45) is 5.73 Å². The van der Waals surface area contributed by atoms with Gasteiger partial charge in [0.2, 0.25) is 5.91 Å². The summed E-state index contributed by atoms with van der Waals surface area (Å²) < 4.78 is 33.8. The van der Waals surface area contributed by atoms with Crippen molar-refractivity contribution in [1.82, 2.24) is 14.8 Å². The van der Waals surface area contributed by atoms with Crippen molar-refractivity contribution in [3.63, 3.8) is 0 Å². The van der Waals surface area contributed by atoms with E-state index in [0.717, 1.165) is 30.6 Å². The third-order valence-electron chi connectivity index (χ3n) is 5.47. The fourth-order valence-corrected chi connectivity index (χ4v) is 3.89. The Labute approximate surface area is 199 Å². The predicted octanol–water partition coefficient (Wildman–Crippen LogP) is 2.94. The summed E-state index contributed by atoms with van der Waals surface area (Å²) in [4.78, 5) is 34.6. The first-order valence-corrected chi connectivity index (χ1v) is 10.8. The number of para-hydroxylation sites is 1. The second-order valence-corrected chi connectivity index (χ2v) is 8.11. The van der Waals surface area contributed by atoms with Crippen molar-refractivity contribution in [3.8, 4) is 5.69 Å². The van der Waals surface area contributed by atoms with Gasteiger partial charge in [-0.1, -0.05) is 18.2 Å². The van der Waals surface area contributed by atoms with Gasteiger partial charge in [-0.2, -0.15) is 13.2 Å². The summed E-state index contributed by atoms with van der Waals surface area (Å²) in [7, 11) is 0. The van der Waals surface area contributed by atoms with Gasteiger partial charge in [0.1, 0.15) is 0 Å². The van der Waals surface area contributed by atoms with E-state index in [9.17, 15) is 22.8 Å².